The molecule has 15 heavy (non-hydrogen) atoms. The molecular formula is C11H17NO3. The molecule has 3 N–H and O–H groups in total. The molecule has 4 heteroatoms. The molecule has 1 aromatic carbocycles. The van der Waals surface area contributed by atoms with Crippen LogP contribution in [0.1, 0.15) is 17.2 Å². The van der Waals surface area contributed by atoms with E-state index in [-0.39, 0.29) is 6.54 Å². The van der Waals surface area contributed by atoms with Crippen LogP contribution in [0, 0.1) is 0 Å². The molecule has 0 aliphatic heterocycles. The summed E-state index contributed by atoms with van der Waals surface area (Å²) in [4.78, 5) is 0. The van der Waals surface area contributed by atoms with Gasteiger partial charge in [0.1, 0.15) is 5.75 Å². The highest BCUT2D eigenvalue weighted by Crippen LogP contribution is 2.24. The van der Waals surface area contributed by atoms with E-state index in [2.05, 4.69) is 0 Å². The van der Waals surface area contributed by atoms with Crippen LogP contribution in [0.2, 0.25) is 0 Å². The van der Waals surface area contributed by atoms with Crippen molar-refractivity contribution in [2.75, 3.05) is 20.8 Å². The Morgan fingerprint density at radius 2 is 2.13 bits per heavy atom. The predicted molar refractivity (Wildman–Crippen MR) is 57.7 cm³/mol. The molecule has 84 valence electrons. The number of aliphatic hydroxyl groups is 1. The summed E-state index contributed by atoms with van der Waals surface area (Å²) in [6, 6.07) is 5.48. The Bertz CT molecular complexity index is 315. The van der Waals surface area contributed by atoms with Crippen molar-refractivity contribution in [2.24, 2.45) is 5.73 Å². The number of ether oxygens (including phenoxy) is 2. The van der Waals surface area contributed by atoms with Crippen LogP contribution in [0.5, 0.6) is 5.75 Å². The highest BCUT2D eigenvalue weighted by Gasteiger charge is 2.09. The third-order valence-corrected chi connectivity index (χ3v) is 2.22. The van der Waals surface area contributed by atoms with Crippen LogP contribution in [0.25, 0.3) is 0 Å². The Balaban J connectivity index is 2.96. The Hall–Kier alpha value is -1.10. The number of methoxy groups -OCH3 is 2. The zero-order valence-electron chi connectivity index (χ0n) is 9.06. The van der Waals surface area contributed by atoms with Crippen LogP contribution in [0.15, 0.2) is 18.2 Å². The molecule has 0 saturated carbocycles. The van der Waals surface area contributed by atoms with Crippen molar-refractivity contribution >= 4 is 0 Å². The van der Waals surface area contributed by atoms with Gasteiger partial charge >= 0.3 is 0 Å². The van der Waals surface area contributed by atoms with Gasteiger partial charge in [-0.1, -0.05) is 12.1 Å². The molecule has 0 radical (unpaired) electrons. The second kappa shape index (κ2) is 5.70. The summed E-state index contributed by atoms with van der Waals surface area (Å²) in [6.07, 6.45) is -0.643. The van der Waals surface area contributed by atoms with Crippen molar-refractivity contribution in [3.8, 4) is 5.75 Å². The summed E-state index contributed by atoms with van der Waals surface area (Å²) in [7, 11) is 3.22. The normalized spacial score (nSPS) is 12.5. The summed E-state index contributed by atoms with van der Waals surface area (Å²) in [5, 5.41) is 9.56. The summed E-state index contributed by atoms with van der Waals surface area (Å²) < 4.78 is 10.2. The van der Waals surface area contributed by atoms with Gasteiger partial charge in [-0.15, -0.1) is 0 Å². The van der Waals surface area contributed by atoms with Gasteiger partial charge in [-0.25, -0.2) is 0 Å². The van der Waals surface area contributed by atoms with Gasteiger partial charge in [-0.2, -0.15) is 0 Å². The van der Waals surface area contributed by atoms with Gasteiger partial charge < -0.3 is 20.3 Å². The van der Waals surface area contributed by atoms with Gasteiger partial charge in [0.05, 0.1) is 19.8 Å². The fourth-order valence-corrected chi connectivity index (χ4v) is 1.38. The van der Waals surface area contributed by atoms with E-state index < -0.39 is 6.10 Å². The second-order valence-electron chi connectivity index (χ2n) is 3.26. The lowest BCUT2D eigenvalue weighted by atomic mass is 10.1. The van der Waals surface area contributed by atoms with Gasteiger partial charge in [0.25, 0.3) is 0 Å². The molecule has 0 aliphatic rings. The molecular weight excluding hydrogens is 194 g/mol. The van der Waals surface area contributed by atoms with Crippen molar-refractivity contribution in [3.63, 3.8) is 0 Å². The quantitative estimate of drug-likeness (QED) is 0.757. The Morgan fingerprint density at radius 1 is 1.40 bits per heavy atom. The second-order valence-corrected chi connectivity index (χ2v) is 3.26. The molecule has 0 spiro atoms. The number of rotatable bonds is 5. The van der Waals surface area contributed by atoms with E-state index in [1.54, 1.807) is 20.3 Å². The molecule has 0 heterocycles. The number of benzene rings is 1. The van der Waals surface area contributed by atoms with Crippen LogP contribution in [-0.4, -0.2) is 25.9 Å². The first-order chi connectivity index (χ1) is 7.22. The number of hydrogen-bond donors (Lipinski definition) is 2. The van der Waals surface area contributed by atoms with Crippen LogP contribution < -0.4 is 10.5 Å². The van der Waals surface area contributed by atoms with E-state index in [1.807, 2.05) is 12.1 Å². The Morgan fingerprint density at radius 3 is 2.67 bits per heavy atom. The Kier molecular flexibility index (Phi) is 4.55. The third-order valence-electron chi connectivity index (χ3n) is 2.22. The van der Waals surface area contributed by atoms with Crippen molar-refractivity contribution < 1.29 is 14.6 Å². The van der Waals surface area contributed by atoms with E-state index in [0.29, 0.717) is 12.4 Å². The molecule has 1 rings (SSSR count). The number of hydrogen-bond acceptors (Lipinski definition) is 4. The average molecular weight is 211 g/mol. The summed E-state index contributed by atoms with van der Waals surface area (Å²) in [5.41, 5.74) is 7.09. The fourth-order valence-electron chi connectivity index (χ4n) is 1.38. The predicted octanol–water partition coefficient (Wildman–Crippen LogP) is 0.834. The van der Waals surface area contributed by atoms with Crippen LogP contribution in [-0.2, 0) is 11.3 Å². The minimum Gasteiger partial charge on any atom is -0.496 e. The minimum absolute atomic E-state index is 0.201. The molecule has 0 aliphatic carbocycles. The highest BCUT2D eigenvalue weighted by molar-refractivity contribution is 5.38. The van der Waals surface area contributed by atoms with Gasteiger partial charge in [-0.05, 0) is 11.6 Å². The summed E-state index contributed by atoms with van der Waals surface area (Å²) in [5.74, 6) is 0.710. The third kappa shape index (κ3) is 2.92. The smallest absolute Gasteiger partial charge is 0.124 e. The van der Waals surface area contributed by atoms with Gasteiger partial charge in [0, 0.05) is 19.2 Å². The first kappa shape index (κ1) is 12.0. The molecule has 0 amide bonds. The number of nitrogens with two attached hydrogens (primary N) is 1. The zero-order chi connectivity index (χ0) is 11.3. The molecule has 0 bridgehead atoms. The maximum absolute atomic E-state index is 9.56. The first-order valence-electron chi connectivity index (χ1n) is 4.76. The lowest BCUT2D eigenvalue weighted by Gasteiger charge is -2.12. The van der Waals surface area contributed by atoms with E-state index in [4.69, 9.17) is 15.2 Å². The molecule has 0 saturated heterocycles. The lowest BCUT2D eigenvalue weighted by Crippen LogP contribution is -2.11. The molecule has 0 fully saturated rings. The number of aliphatic hydroxyl groups excluding tert-OH is 1. The standard InChI is InChI=1S/C11H17NO3/c1-14-7-9-4-3-8(10(13)6-12)5-11(9)15-2/h3-5,10,13H,6-7,12H2,1-2H3. The van der Waals surface area contributed by atoms with E-state index in [1.165, 1.54) is 0 Å². The highest BCUT2D eigenvalue weighted by atomic mass is 16.5. The maximum Gasteiger partial charge on any atom is 0.124 e. The van der Waals surface area contributed by atoms with Crippen molar-refractivity contribution in [1.29, 1.82) is 0 Å². The van der Waals surface area contributed by atoms with Crippen LogP contribution in [0.4, 0.5) is 0 Å². The molecule has 4 nitrogen and oxygen atoms in total. The van der Waals surface area contributed by atoms with E-state index in [9.17, 15) is 5.11 Å². The summed E-state index contributed by atoms with van der Waals surface area (Å²) in [6.45, 7) is 0.689. The van der Waals surface area contributed by atoms with Gasteiger partial charge in [0.15, 0.2) is 0 Å². The fraction of sp³-hybridized carbons (Fsp3) is 0.455. The monoisotopic (exact) mass is 211 g/mol. The van der Waals surface area contributed by atoms with Crippen molar-refractivity contribution in [1.82, 2.24) is 0 Å². The molecule has 1 atom stereocenters. The molecule has 1 aromatic rings. The Labute approximate surface area is 89.6 Å². The molecule has 1 unspecified atom stereocenters. The largest absolute Gasteiger partial charge is 0.496 e. The summed E-state index contributed by atoms with van der Waals surface area (Å²) >= 11 is 0. The van der Waals surface area contributed by atoms with Gasteiger partial charge in [-0.3, -0.25) is 0 Å². The first-order valence-corrected chi connectivity index (χ1v) is 4.76. The SMILES string of the molecule is COCc1ccc(C(O)CN)cc1OC. The van der Waals surface area contributed by atoms with E-state index >= 15 is 0 Å². The minimum atomic E-state index is -0.643. The average Bonchev–Trinajstić information content (AvgIpc) is 2.29. The van der Waals surface area contributed by atoms with Crippen molar-refractivity contribution in [2.45, 2.75) is 12.7 Å². The topological polar surface area (TPSA) is 64.7 Å². The van der Waals surface area contributed by atoms with Crippen LogP contribution in [0.3, 0.4) is 0 Å². The molecule has 0 aromatic heterocycles. The van der Waals surface area contributed by atoms with Crippen LogP contribution >= 0.6 is 0 Å². The lowest BCUT2D eigenvalue weighted by molar-refractivity contribution is 0.179. The van der Waals surface area contributed by atoms with Gasteiger partial charge in [0.2, 0.25) is 0 Å². The zero-order valence-corrected chi connectivity index (χ0v) is 9.06. The van der Waals surface area contributed by atoms with E-state index in [0.717, 1.165) is 11.1 Å². The van der Waals surface area contributed by atoms with Crippen molar-refractivity contribution in [3.05, 3.63) is 29.3 Å². The maximum atomic E-state index is 9.56.